The Morgan fingerprint density at radius 2 is 1.50 bits per heavy atom. The Labute approximate surface area is 163 Å². The molecule has 0 saturated carbocycles. The van der Waals surface area contributed by atoms with Gasteiger partial charge in [0.1, 0.15) is 12.1 Å². The van der Waals surface area contributed by atoms with Crippen LogP contribution in [0.2, 0.25) is 0 Å². The maximum atomic E-state index is 12.5. The van der Waals surface area contributed by atoms with Gasteiger partial charge in [-0.15, -0.1) is 0 Å². The van der Waals surface area contributed by atoms with E-state index in [1.807, 2.05) is 36.4 Å². The summed E-state index contributed by atoms with van der Waals surface area (Å²) in [6.07, 6.45) is 0.799. The van der Waals surface area contributed by atoms with Crippen molar-refractivity contribution in [1.29, 1.82) is 0 Å². The number of phenolic OH excluding ortho intramolecular Hbond substituents is 1. The lowest BCUT2D eigenvalue weighted by atomic mass is 10.2. The van der Waals surface area contributed by atoms with Gasteiger partial charge in [0.15, 0.2) is 0 Å². The number of benzene rings is 2. The molecular weight excluding hydrogens is 358 g/mol. The van der Waals surface area contributed by atoms with E-state index in [1.54, 1.807) is 26.0 Å². The number of rotatable bonds is 8. The molecular formula is C20H25N5O3. The average molecular weight is 383 g/mol. The van der Waals surface area contributed by atoms with E-state index in [0.29, 0.717) is 12.2 Å². The SMILES string of the molecule is C[C@H](O)[C@H](C)n1ncn(-c2ccc(NCCNc3ccc(O)cc3)cc2)c1=O. The number of aromatic hydroxyl groups is 1. The van der Waals surface area contributed by atoms with Gasteiger partial charge in [-0.05, 0) is 62.4 Å². The molecule has 1 aromatic heterocycles. The monoisotopic (exact) mass is 383 g/mol. The Kier molecular flexibility index (Phi) is 6.00. The van der Waals surface area contributed by atoms with Crippen molar-refractivity contribution in [2.24, 2.45) is 0 Å². The van der Waals surface area contributed by atoms with Crippen LogP contribution in [-0.2, 0) is 0 Å². The Bertz CT molecular complexity index is 945. The number of nitrogens with one attached hydrogen (secondary N) is 2. The highest BCUT2D eigenvalue weighted by Gasteiger charge is 2.16. The lowest BCUT2D eigenvalue weighted by Gasteiger charge is -2.13. The second-order valence-electron chi connectivity index (χ2n) is 6.66. The Hall–Kier alpha value is -3.26. The van der Waals surface area contributed by atoms with E-state index in [0.717, 1.165) is 17.9 Å². The number of hydrogen-bond donors (Lipinski definition) is 4. The first-order chi connectivity index (χ1) is 13.5. The number of aromatic nitrogens is 3. The Morgan fingerprint density at radius 3 is 2.04 bits per heavy atom. The smallest absolute Gasteiger partial charge is 0.350 e. The fourth-order valence-corrected chi connectivity index (χ4v) is 2.71. The van der Waals surface area contributed by atoms with E-state index in [9.17, 15) is 15.0 Å². The maximum Gasteiger partial charge on any atom is 0.350 e. The minimum absolute atomic E-state index is 0.244. The number of aliphatic hydroxyl groups excluding tert-OH is 1. The van der Waals surface area contributed by atoms with Gasteiger partial charge in [0.2, 0.25) is 0 Å². The maximum absolute atomic E-state index is 12.5. The summed E-state index contributed by atoms with van der Waals surface area (Å²) in [5, 5.41) is 29.6. The van der Waals surface area contributed by atoms with Gasteiger partial charge in [0.25, 0.3) is 0 Å². The molecule has 28 heavy (non-hydrogen) atoms. The van der Waals surface area contributed by atoms with Crippen LogP contribution in [-0.4, -0.2) is 43.8 Å². The van der Waals surface area contributed by atoms with Crippen LogP contribution in [0.5, 0.6) is 5.75 Å². The van der Waals surface area contributed by atoms with Gasteiger partial charge < -0.3 is 20.8 Å². The molecule has 1 heterocycles. The van der Waals surface area contributed by atoms with Gasteiger partial charge in [-0.2, -0.15) is 5.10 Å². The molecule has 8 nitrogen and oxygen atoms in total. The molecule has 2 aromatic carbocycles. The first-order valence-corrected chi connectivity index (χ1v) is 9.17. The van der Waals surface area contributed by atoms with Crippen molar-refractivity contribution in [3.63, 3.8) is 0 Å². The van der Waals surface area contributed by atoms with Gasteiger partial charge in [-0.25, -0.2) is 14.0 Å². The summed E-state index contributed by atoms with van der Waals surface area (Å²) in [6.45, 7) is 4.82. The summed E-state index contributed by atoms with van der Waals surface area (Å²) in [5.41, 5.74) is 2.31. The van der Waals surface area contributed by atoms with Crippen molar-refractivity contribution < 1.29 is 10.2 Å². The molecule has 4 N–H and O–H groups in total. The number of hydrogen-bond acceptors (Lipinski definition) is 6. The number of phenols is 1. The van der Waals surface area contributed by atoms with E-state index in [2.05, 4.69) is 15.7 Å². The third-order valence-corrected chi connectivity index (χ3v) is 4.57. The first-order valence-electron chi connectivity index (χ1n) is 9.17. The lowest BCUT2D eigenvalue weighted by molar-refractivity contribution is 0.130. The van der Waals surface area contributed by atoms with Crippen molar-refractivity contribution in [2.75, 3.05) is 23.7 Å². The van der Waals surface area contributed by atoms with Crippen LogP contribution in [0.1, 0.15) is 19.9 Å². The average Bonchev–Trinajstić information content (AvgIpc) is 3.07. The molecule has 0 spiro atoms. The normalized spacial score (nSPS) is 13.1. The third kappa shape index (κ3) is 4.52. The third-order valence-electron chi connectivity index (χ3n) is 4.57. The van der Waals surface area contributed by atoms with Crippen LogP contribution >= 0.6 is 0 Å². The minimum Gasteiger partial charge on any atom is -0.508 e. The minimum atomic E-state index is -0.664. The zero-order valence-corrected chi connectivity index (χ0v) is 15.9. The highest BCUT2D eigenvalue weighted by atomic mass is 16.3. The van der Waals surface area contributed by atoms with Crippen molar-refractivity contribution >= 4 is 11.4 Å². The molecule has 3 aromatic rings. The molecule has 0 aliphatic rings. The number of aliphatic hydroxyl groups is 1. The molecule has 0 bridgehead atoms. The predicted molar refractivity (Wildman–Crippen MR) is 109 cm³/mol. The van der Waals surface area contributed by atoms with Gasteiger partial charge in [0.05, 0.1) is 17.8 Å². The second-order valence-corrected chi connectivity index (χ2v) is 6.66. The van der Waals surface area contributed by atoms with E-state index in [4.69, 9.17) is 0 Å². The topological polar surface area (TPSA) is 104 Å². The Morgan fingerprint density at radius 1 is 0.964 bits per heavy atom. The fourth-order valence-electron chi connectivity index (χ4n) is 2.71. The van der Waals surface area contributed by atoms with Crippen molar-refractivity contribution in [3.8, 4) is 11.4 Å². The highest BCUT2D eigenvalue weighted by Crippen LogP contribution is 2.14. The molecule has 8 heteroatoms. The molecule has 0 fully saturated rings. The van der Waals surface area contributed by atoms with Crippen LogP contribution in [0.4, 0.5) is 11.4 Å². The zero-order chi connectivity index (χ0) is 20.1. The van der Waals surface area contributed by atoms with Crippen LogP contribution in [0.15, 0.2) is 59.7 Å². The van der Waals surface area contributed by atoms with Crippen molar-refractivity contribution in [1.82, 2.24) is 14.3 Å². The van der Waals surface area contributed by atoms with Gasteiger partial charge in [-0.3, -0.25) is 0 Å². The van der Waals surface area contributed by atoms with Crippen molar-refractivity contribution in [3.05, 3.63) is 65.3 Å². The van der Waals surface area contributed by atoms with Crippen LogP contribution < -0.4 is 16.3 Å². The lowest BCUT2D eigenvalue weighted by Crippen LogP contribution is -2.31. The summed E-state index contributed by atoms with van der Waals surface area (Å²) in [5.74, 6) is 0.244. The number of nitrogens with zero attached hydrogens (tertiary/aromatic N) is 3. The quantitative estimate of drug-likeness (QED) is 0.351. The zero-order valence-electron chi connectivity index (χ0n) is 15.9. The van der Waals surface area contributed by atoms with Crippen LogP contribution in [0.25, 0.3) is 5.69 Å². The standard InChI is InChI=1S/C20H25N5O3/c1-14(15(2)26)25-20(28)24(13-23-25)18-7-3-16(4-8-18)21-11-12-22-17-5-9-19(27)10-6-17/h3-10,13-15,21-22,26-27H,11-12H2,1-2H3/t14-,15-/m0/s1. The molecule has 0 saturated heterocycles. The van der Waals surface area contributed by atoms with E-state index < -0.39 is 12.1 Å². The van der Waals surface area contributed by atoms with Crippen LogP contribution in [0, 0.1) is 0 Å². The molecule has 2 atom stereocenters. The molecule has 0 amide bonds. The molecule has 0 unspecified atom stereocenters. The summed E-state index contributed by atoms with van der Waals surface area (Å²) in [4.78, 5) is 12.5. The fraction of sp³-hybridized carbons (Fsp3) is 0.300. The molecule has 0 aliphatic heterocycles. The van der Waals surface area contributed by atoms with E-state index >= 15 is 0 Å². The highest BCUT2D eigenvalue weighted by molar-refractivity contribution is 5.49. The van der Waals surface area contributed by atoms with E-state index in [1.165, 1.54) is 15.6 Å². The summed E-state index contributed by atoms with van der Waals surface area (Å²) >= 11 is 0. The van der Waals surface area contributed by atoms with Crippen molar-refractivity contribution in [2.45, 2.75) is 26.0 Å². The van der Waals surface area contributed by atoms with E-state index in [-0.39, 0.29) is 11.4 Å². The summed E-state index contributed by atoms with van der Waals surface area (Å²) in [6, 6.07) is 14.0. The molecule has 0 aliphatic carbocycles. The first kappa shape index (κ1) is 19.5. The molecule has 3 rings (SSSR count). The number of anilines is 2. The largest absolute Gasteiger partial charge is 0.508 e. The predicted octanol–water partition coefficient (Wildman–Crippen LogP) is 2.21. The second kappa shape index (κ2) is 8.62. The summed E-state index contributed by atoms with van der Waals surface area (Å²) in [7, 11) is 0. The molecule has 0 radical (unpaired) electrons. The summed E-state index contributed by atoms with van der Waals surface area (Å²) < 4.78 is 2.74. The molecule has 148 valence electrons. The van der Waals surface area contributed by atoms with Gasteiger partial charge >= 0.3 is 5.69 Å². The van der Waals surface area contributed by atoms with Gasteiger partial charge in [-0.1, -0.05) is 0 Å². The van der Waals surface area contributed by atoms with Crippen LogP contribution in [0.3, 0.4) is 0 Å². The Balaban J connectivity index is 1.56. The van der Waals surface area contributed by atoms with Gasteiger partial charge in [0, 0.05) is 24.5 Å².